The number of carbonyl (C=O) groups is 1. The molecule has 0 bridgehead atoms. The van der Waals surface area contributed by atoms with Crippen LogP contribution in [0.4, 0.5) is 4.79 Å². The molecule has 0 aromatic rings. The molecule has 4 nitrogen and oxygen atoms in total. The van der Waals surface area contributed by atoms with Gasteiger partial charge in [0, 0.05) is 25.2 Å². The Kier molecular flexibility index (Phi) is 4.71. The Morgan fingerprint density at radius 3 is 2.21 bits per heavy atom. The topological polar surface area (TPSA) is 35.6 Å². The number of nitrogens with zero attached hydrogens (tertiary/aromatic N) is 2. The fraction of sp³-hybridized carbons (Fsp3) is 0.933. The van der Waals surface area contributed by atoms with E-state index in [1.807, 2.05) is 11.9 Å². The van der Waals surface area contributed by atoms with Crippen LogP contribution in [0.15, 0.2) is 0 Å². The number of hydrogen-bond donors (Lipinski definition) is 1. The molecule has 0 aromatic carbocycles. The molecule has 2 fully saturated rings. The summed E-state index contributed by atoms with van der Waals surface area (Å²) in [6.45, 7) is 0.846. The largest absolute Gasteiger partial charge is 0.335 e. The lowest BCUT2D eigenvalue weighted by molar-refractivity contribution is 0.0359. The van der Waals surface area contributed by atoms with Crippen LogP contribution in [-0.4, -0.2) is 55.1 Å². The summed E-state index contributed by atoms with van der Waals surface area (Å²) in [6, 6.07) is 0.514. The highest BCUT2D eigenvalue weighted by Gasteiger charge is 2.40. The second-order valence-corrected chi connectivity index (χ2v) is 6.61. The van der Waals surface area contributed by atoms with Crippen molar-refractivity contribution < 1.29 is 4.79 Å². The lowest BCUT2D eigenvalue weighted by atomic mass is 9.75. The molecular formula is C15H29N3O. The highest BCUT2D eigenvalue weighted by molar-refractivity contribution is 5.74. The number of urea groups is 1. The maximum absolute atomic E-state index is 12.2. The zero-order valence-corrected chi connectivity index (χ0v) is 12.7. The van der Waals surface area contributed by atoms with Crippen LogP contribution in [0.25, 0.3) is 0 Å². The Morgan fingerprint density at radius 2 is 1.74 bits per heavy atom. The van der Waals surface area contributed by atoms with Crippen LogP contribution < -0.4 is 5.32 Å². The summed E-state index contributed by atoms with van der Waals surface area (Å²) in [7, 11) is 6.19. The highest BCUT2D eigenvalue weighted by atomic mass is 16.2. The van der Waals surface area contributed by atoms with Crippen LogP contribution in [-0.2, 0) is 0 Å². The van der Waals surface area contributed by atoms with Gasteiger partial charge in [-0.25, -0.2) is 4.79 Å². The summed E-state index contributed by atoms with van der Waals surface area (Å²) in [5.41, 5.74) is 0.221. The summed E-state index contributed by atoms with van der Waals surface area (Å²) in [4.78, 5) is 16.4. The standard InChI is InChI=1S/C15H29N3O/c1-17(2)15(10-7-11-15)12-18(3)14(19)16-13-8-5-4-6-9-13/h13H,4-12H2,1-3H3,(H,16,19). The Labute approximate surface area is 117 Å². The van der Waals surface area contributed by atoms with Gasteiger partial charge in [0.2, 0.25) is 0 Å². The molecule has 2 saturated carbocycles. The van der Waals surface area contributed by atoms with Crippen molar-refractivity contribution >= 4 is 6.03 Å². The predicted octanol–water partition coefficient (Wildman–Crippen LogP) is 2.44. The Balaban J connectivity index is 1.81. The molecule has 4 heteroatoms. The average Bonchev–Trinajstić information content (AvgIpc) is 2.34. The molecule has 2 aliphatic carbocycles. The summed E-state index contributed by atoms with van der Waals surface area (Å²) >= 11 is 0. The van der Waals surface area contributed by atoms with Crippen LogP contribution in [0.2, 0.25) is 0 Å². The van der Waals surface area contributed by atoms with Crippen LogP contribution in [0.5, 0.6) is 0 Å². The highest BCUT2D eigenvalue weighted by Crippen LogP contribution is 2.36. The molecule has 1 N–H and O–H groups in total. The van der Waals surface area contributed by atoms with Gasteiger partial charge in [0.15, 0.2) is 0 Å². The molecule has 2 rings (SSSR count). The predicted molar refractivity (Wildman–Crippen MR) is 78.3 cm³/mol. The first-order chi connectivity index (χ1) is 9.03. The van der Waals surface area contributed by atoms with E-state index in [9.17, 15) is 4.79 Å². The molecule has 0 aromatic heterocycles. The first-order valence-electron chi connectivity index (χ1n) is 7.73. The third-order valence-corrected chi connectivity index (χ3v) is 5.04. The molecule has 0 aliphatic heterocycles. The number of hydrogen-bond acceptors (Lipinski definition) is 2. The Bertz CT molecular complexity index is 307. The molecule has 0 radical (unpaired) electrons. The van der Waals surface area contributed by atoms with Crippen LogP contribution in [0.3, 0.4) is 0 Å². The summed E-state index contributed by atoms with van der Waals surface area (Å²) in [5.74, 6) is 0. The molecule has 0 spiro atoms. The third-order valence-electron chi connectivity index (χ3n) is 5.04. The van der Waals surface area contributed by atoms with E-state index in [1.54, 1.807) is 0 Å². The van der Waals surface area contributed by atoms with Gasteiger partial charge in [0.05, 0.1) is 0 Å². The molecule has 110 valence electrons. The normalized spacial score (nSPS) is 22.9. The molecule has 0 heterocycles. The van der Waals surface area contributed by atoms with E-state index in [4.69, 9.17) is 0 Å². The van der Waals surface area contributed by atoms with Crippen molar-refractivity contribution in [1.82, 2.24) is 15.1 Å². The van der Waals surface area contributed by atoms with Gasteiger partial charge in [-0.1, -0.05) is 19.3 Å². The van der Waals surface area contributed by atoms with Crippen molar-refractivity contribution in [1.29, 1.82) is 0 Å². The van der Waals surface area contributed by atoms with Crippen molar-refractivity contribution in [3.8, 4) is 0 Å². The summed E-state index contributed by atoms with van der Waals surface area (Å²) < 4.78 is 0. The van der Waals surface area contributed by atoms with Crippen molar-refractivity contribution in [2.75, 3.05) is 27.7 Å². The van der Waals surface area contributed by atoms with Crippen LogP contribution in [0, 0.1) is 0 Å². The van der Waals surface area contributed by atoms with Gasteiger partial charge >= 0.3 is 6.03 Å². The van der Waals surface area contributed by atoms with E-state index in [1.165, 1.54) is 38.5 Å². The average molecular weight is 267 g/mol. The first-order valence-corrected chi connectivity index (χ1v) is 7.73. The molecule has 2 aliphatic rings. The van der Waals surface area contributed by atoms with Crippen LogP contribution in [0.1, 0.15) is 51.4 Å². The van der Waals surface area contributed by atoms with Gasteiger partial charge in [0.25, 0.3) is 0 Å². The lowest BCUT2D eigenvalue weighted by Crippen LogP contribution is -2.59. The minimum atomic E-state index is 0.111. The smallest absolute Gasteiger partial charge is 0.317 e. The van der Waals surface area contributed by atoms with Crippen molar-refractivity contribution in [3.05, 3.63) is 0 Å². The minimum absolute atomic E-state index is 0.111. The van der Waals surface area contributed by atoms with E-state index < -0.39 is 0 Å². The Hall–Kier alpha value is -0.770. The Morgan fingerprint density at radius 1 is 1.11 bits per heavy atom. The molecular weight excluding hydrogens is 238 g/mol. The fourth-order valence-electron chi connectivity index (χ4n) is 3.38. The van der Waals surface area contributed by atoms with E-state index in [0.717, 1.165) is 19.4 Å². The second kappa shape index (κ2) is 6.12. The zero-order valence-electron chi connectivity index (χ0n) is 12.7. The summed E-state index contributed by atoms with van der Waals surface area (Å²) in [6.07, 6.45) is 9.85. The number of rotatable bonds is 4. The second-order valence-electron chi connectivity index (χ2n) is 6.61. The molecule has 2 amide bonds. The number of carbonyl (C=O) groups excluding carboxylic acids is 1. The molecule has 0 saturated heterocycles. The van der Waals surface area contributed by atoms with Gasteiger partial charge < -0.3 is 15.1 Å². The van der Waals surface area contributed by atoms with Crippen molar-refractivity contribution in [3.63, 3.8) is 0 Å². The van der Waals surface area contributed by atoms with Gasteiger partial charge in [0.1, 0.15) is 0 Å². The van der Waals surface area contributed by atoms with Crippen LogP contribution >= 0.6 is 0 Å². The molecule has 0 atom stereocenters. The maximum atomic E-state index is 12.2. The SMILES string of the molecule is CN(CC1(N(C)C)CCC1)C(=O)NC1CCCCC1. The fourth-order valence-corrected chi connectivity index (χ4v) is 3.38. The third kappa shape index (κ3) is 3.41. The lowest BCUT2D eigenvalue weighted by Gasteiger charge is -2.49. The van der Waals surface area contributed by atoms with E-state index in [2.05, 4.69) is 24.3 Å². The zero-order chi connectivity index (χ0) is 13.9. The number of amides is 2. The number of nitrogens with one attached hydrogen (secondary N) is 1. The van der Waals surface area contributed by atoms with Crippen molar-refractivity contribution in [2.24, 2.45) is 0 Å². The monoisotopic (exact) mass is 267 g/mol. The van der Waals surface area contributed by atoms with Gasteiger partial charge in [-0.05, 0) is 46.2 Å². The van der Waals surface area contributed by atoms with Gasteiger partial charge in [-0.2, -0.15) is 0 Å². The van der Waals surface area contributed by atoms with Gasteiger partial charge in [-0.3, -0.25) is 0 Å². The van der Waals surface area contributed by atoms with E-state index >= 15 is 0 Å². The number of likely N-dealkylation sites (N-methyl/N-ethyl adjacent to an activating group) is 2. The quantitative estimate of drug-likeness (QED) is 0.849. The first kappa shape index (κ1) is 14.6. The van der Waals surface area contributed by atoms with Crippen molar-refractivity contribution in [2.45, 2.75) is 62.9 Å². The van der Waals surface area contributed by atoms with E-state index in [0.29, 0.717) is 6.04 Å². The summed E-state index contributed by atoms with van der Waals surface area (Å²) in [5, 5.41) is 3.20. The minimum Gasteiger partial charge on any atom is -0.335 e. The maximum Gasteiger partial charge on any atom is 0.317 e. The van der Waals surface area contributed by atoms with Gasteiger partial charge in [-0.15, -0.1) is 0 Å². The molecule has 19 heavy (non-hydrogen) atoms. The van der Waals surface area contributed by atoms with E-state index in [-0.39, 0.29) is 11.6 Å². The molecule has 0 unspecified atom stereocenters.